The molecule has 0 spiro atoms. The highest BCUT2D eigenvalue weighted by Crippen LogP contribution is 2.45. The molecule has 17 heavy (non-hydrogen) atoms. The van der Waals surface area contributed by atoms with Crippen LogP contribution in [0.2, 0.25) is 5.15 Å². The summed E-state index contributed by atoms with van der Waals surface area (Å²) < 4.78 is 0. The van der Waals surface area contributed by atoms with Crippen LogP contribution in [-0.2, 0) is 6.42 Å². The van der Waals surface area contributed by atoms with Gasteiger partial charge in [-0.1, -0.05) is 18.5 Å². The van der Waals surface area contributed by atoms with Gasteiger partial charge in [0.2, 0.25) is 0 Å². The highest BCUT2D eigenvalue weighted by Gasteiger charge is 2.41. The van der Waals surface area contributed by atoms with E-state index in [0.717, 1.165) is 29.9 Å². The number of nitrogens with zero attached hydrogens (tertiary/aromatic N) is 2. The van der Waals surface area contributed by atoms with Crippen LogP contribution in [0.5, 0.6) is 0 Å². The summed E-state index contributed by atoms with van der Waals surface area (Å²) >= 11 is 6.01. The normalized spacial score (nSPS) is 19.7. The molecule has 4 heteroatoms. The molecule has 1 aromatic rings. The largest absolute Gasteiger partial charge is 0.367 e. The van der Waals surface area contributed by atoms with Gasteiger partial charge in [0.15, 0.2) is 0 Å². The summed E-state index contributed by atoms with van der Waals surface area (Å²) in [7, 11) is 0. The summed E-state index contributed by atoms with van der Waals surface area (Å²) in [5.41, 5.74) is 0. The number of aryl methyl sites for hydroxylation is 1. The lowest BCUT2D eigenvalue weighted by atomic mass is 10.1. The van der Waals surface area contributed by atoms with Crippen molar-refractivity contribution in [3.05, 3.63) is 17.0 Å². The second-order valence-electron chi connectivity index (χ2n) is 5.19. The van der Waals surface area contributed by atoms with Gasteiger partial charge in [-0.15, -0.1) is 0 Å². The lowest BCUT2D eigenvalue weighted by Gasteiger charge is -2.18. The molecule has 1 aromatic heterocycles. The van der Waals surface area contributed by atoms with Crippen LogP contribution in [0.15, 0.2) is 6.07 Å². The number of nitrogens with one attached hydrogen (secondary N) is 1. The zero-order valence-corrected chi connectivity index (χ0v) is 10.9. The topological polar surface area (TPSA) is 37.8 Å². The van der Waals surface area contributed by atoms with E-state index in [9.17, 15) is 0 Å². The lowest BCUT2D eigenvalue weighted by molar-refractivity contribution is 0.565. The maximum absolute atomic E-state index is 6.01. The molecule has 0 bridgehead atoms. The van der Waals surface area contributed by atoms with E-state index >= 15 is 0 Å². The molecule has 0 unspecified atom stereocenters. The Morgan fingerprint density at radius 1 is 1.29 bits per heavy atom. The first kappa shape index (κ1) is 11.3. The summed E-state index contributed by atoms with van der Waals surface area (Å²) in [6.07, 6.45) is 6.30. The van der Waals surface area contributed by atoms with Gasteiger partial charge in [0.1, 0.15) is 16.8 Å². The first-order valence-electron chi connectivity index (χ1n) is 6.56. The van der Waals surface area contributed by atoms with Crippen molar-refractivity contribution in [2.45, 2.75) is 45.1 Å². The van der Waals surface area contributed by atoms with E-state index in [1.807, 2.05) is 6.07 Å². The molecular weight excluding hydrogens is 234 g/mol. The average molecular weight is 252 g/mol. The monoisotopic (exact) mass is 251 g/mol. The Kier molecular flexibility index (Phi) is 2.95. The fraction of sp³-hybridized carbons (Fsp3) is 0.692. The van der Waals surface area contributed by atoms with Crippen LogP contribution in [0.3, 0.4) is 0 Å². The number of hydrogen-bond donors (Lipinski definition) is 1. The Hall–Kier alpha value is -0.830. The molecule has 2 aliphatic rings. The molecule has 0 aromatic carbocycles. The van der Waals surface area contributed by atoms with Crippen molar-refractivity contribution in [1.82, 2.24) is 9.97 Å². The van der Waals surface area contributed by atoms with Gasteiger partial charge in [0.25, 0.3) is 0 Å². The Bertz CT molecular complexity index is 401. The molecule has 3 rings (SSSR count). The van der Waals surface area contributed by atoms with Crippen LogP contribution in [0, 0.1) is 11.8 Å². The fourth-order valence-electron chi connectivity index (χ4n) is 2.40. The van der Waals surface area contributed by atoms with Crippen molar-refractivity contribution in [2.24, 2.45) is 11.8 Å². The number of hydrogen-bond acceptors (Lipinski definition) is 3. The molecule has 1 heterocycles. The predicted octanol–water partition coefficient (Wildman–Crippen LogP) is 3.29. The average Bonchev–Trinajstić information content (AvgIpc) is 3.16. The van der Waals surface area contributed by atoms with Crippen molar-refractivity contribution in [3.63, 3.8) is 0 Å². The third kappa shape index (κ3) is 2.71. The number of halogens is 1. The van der Waals surface area contributed by atoms with Crippen molar-refractivity contribution in [2.75, 3.05) is 5.32 Å². The van der Waals surface area contributed by atoms with Gasteiger partial charge in [0.05, 0.1) is 0 Å². The molecule has 2 aliphatic carbocycles. The molecule has 2 fully saturated rings. The number of aromatic nitrogens is 2. The SMILES string of the molecule is CCc1nc(Cl)cc(NC(C2CC2)C2CC2)n1. The van der Waals surface area contributed by atoms with E-state index in [1.54, 1.807) is 0 Å². The zero-order valence-electron chi connectivity index (χ0n) is 10.1. The quantitative estimate of drug-likeness (QED) is 0.816. The van der Waals surface area contributed by atoms with Crippen LogP contribution in [0.1, 0.15) is 38.4 Å². The number of rotatable bonds is 5. The van der Waals surface area contributed by atoms with Crippen LogP contribution < -0.4 is 5.32 Å². The van der Waals surface area contributed by atoms with Crippen molar-refractivity contribution in [1.29, 1.82) is 0 Å². The van der Waals surface area contributed by atoms with Crippen LogP contribution >= 0.6 is 11.6 Å². The lowest BCUT2D eigenvalue weighted by Crippen LogP contribution is -2.25. The highest BCUT2D eigenvalue weighted by atomic mass is 35.5. The molecule has 0 atom stereocenters. The van der Waals surface area contributed by atoms with Gasteiger partial charge < -0.3 is 5.32 Å². The summed E-state index contributed by atoms with van der Waals surface area (Å²) in [6, 6.07) is 2.46. The highest BCUT2D eigenvalue weighted by molar-refractivity contribution is 6.29. The van der Waals surface area contributed by atoms with Crippen LogP contribution in [0.25, 0.3) is 0 Å². The van der Waals surface area contributed by atoms with E-state index in [0.29, 0.717) is 11.2 Å². The molecular formula is C13H18ClN3. The summed E-state index contributed by atoms with van der Waals surface area (Å²) in [5, 5.41) is 4.13. The van der Waals surface area contributed by atoms with Crippen molar-refractivity contribution in [3.8, 4) is 0 Å². The standard InChI is InChI=1S/C13H18ClN3/c1-2-11-15-10(14)7-12(16-11)17-13(8-3-4-8)9-5-6-9/h7-9,13H,2-6H2,1H3,(H,15,16,17). The van der Waals surface area contributed by atoms with Gasteiger partial charge in [-0.3, -0.25) is 0 Å². The smallest absolute Gasteiger partial charge is 0.134 e. The zero-order chi connectivity index (χ0) is 11.8. The molecule has 0 saturated heterocycles. The minimum atomic E-state index is 0.546. The molecule has 3 nitrogen and oxygen atoms in total. The third-order valence-corrected chi connectivity index (χ3v) is 3.83. The van der Waals surface area contributed by atoms with Gasteiger partial charge >= 0.3 is 0 Å². The van der Waals surface area contributed by atoms with Gasteiger partial charge in [-0.2, -0.15) is 0 Å². The van der Waals surface area contributed by atoms with E-state index in [1.165, 1.54) is 25.7 Å². The van der Waals surface area contributed by atoms with Crippen molar-refractivity contribution >= 4 is 17.4 Å². The maximum atomic E-state index is 6.01. The Labute approximate surface area is 107 Å². The van der Waals surface area contributed by atoms with E-state index in [-0.39, 0.29) is 0 Å². The first-order chi connectivity index (χ1) is 8.26. The Balaban J connectivity index is 1.76. The van der Waals surface area contributed by atoms with Crippen molar-refractivity contribution < 1.29 is 0 Å². The third-order valence-electron chi connectivity index (χ3n) is 3.63. The van der Waals surface area contributed by atoms with E-state index in [4.69, 9.17) is 11.6 Å². The maximum Gasteiger partial charge on any atom is 0.134 e. The minimum Gasteiger partial charge on any atom is -0.367 e. The van der Waals surface area contributed by atoms with Gasteiger partial charge in [-0.05, 0) is 37.5 Å². The second-order valence-corrected chi connectivity index (χ2v) is 5.58. The Morgan fingerprint density at radius 3 is 2.47 bits per heavy atom. The Morgan fingerprint density at radius 2 is 1.94 bits per heavy atom. The summed E-state index contributed by atoms with van der Waals surface area (Å²) in [6.45, 7) is 2.05. The van der Waals surface area contributed by atoms with Crippen LogP contribution in [0.4, 0.5) is 5.82 Å². The molecule has 0 radical (unpaired) electrons. The van der Waals surface area contributed by atoms with Crippen LogP contribution in [-0.4, -0.2) is 16.0 Å². The molecule has 2 saturated carbocycles. The van der Waals surface area contributed by atoms with E-state index in [2.05, 4.69) is 22.2 Å². The van der Waals surface area contributed by atoms with Gasteiger partial charge in [0, 0.05) is 18.5 Å². The second kappa shape index (κ2) is 4.45. The fourth-order valence-corrected chi connectivity index (χ4v) is 2.60. The van der Waals surface area contributed by atoms with Gasteiger partial charge in [-0.25, -0.2) is 9.97 Å². The number of anilines is 1. The molecule has 0 amide bonds. The molecule has 92 valence electrons. The summed E-state index contributed by atoms with van der Waals surface area (Å²) in [4.78, 5) is 8.70. The predicted molar refractivity (Wildman–Crippen MR) is 69.3 cm³/mol. The molecule has 1 N–H and O–H groups in total. The molecule has 0 aliphatic heterocycles. The van der Waals surface area contributed by atoms with E-state index < -0.39 is 0 Å². The first-order valence-corrected chi connectivity index (χ1v) is 6.94. The summed E-state index contributed by atoms with van der Waals surface area (Å²) in [5.74, 6) is 3.46. The minimum absolute atomic E-state index is 0.546.